The number of allylic oxidation sites excluding steroid dienone is 5. The molecule has 1 amide bonds. The molecule has 2 saturated heterocycles. The molecule has 0 radical (unpaired) electrons. The van der Waals surface area contributed by atoms with Crippen molar-refractivity contribution in [2.24, 2.45) is 0 Å². The minimum absolute atomic E-state index is 0.239. The summed E-state index contributed by atoms with van der Waals surface area (Å²) >= 11 is 0. The van der Waals surface area contributed by atoms with E-state index in [9.17, 15) is 45.6 Å². The van der Waals surface area contributed by atoms with Gasteiger partial charge >= 0.3 is 0 Å². The van der Waals surface area contributed by atoms with Crippen molar-refractivity contribution in [3.05, 3.63) is 36.5 Å². The van der Waals surface area contributed by atoms with E-state index in [2.05, 4.69) is 43.5 Å². The van der Waals surface area contributed by atoms with Crippen LogP contribution in [0, 0.1) is 0 Å². The molecule has 0 spiro atoms. The molecule has 434 valence electrons. The van der Waals surface area contributed by atoms with E-state index in [1.54, 1.807) is 6.08 Å². The fourth-order valence-electron chi connectivity index (χ4n) is 9.91. The van der Waals surface area contributed by atoms with E-state index in [0.29, 0.717) is 6.42 Å². The molecule has 14 nitrogen and oxygen atoms in total. The molecule has 2 rings (SSSR count). The van der Waals surface area contributed by atoms with Crippen LogP contribution in [0.2, 0.25) is 0 Å². The molecule has 0 saturated carbocycles. The second-order valence-corrected chi connectivity index (χ2v) is 21.5. The maximum atomic E-state index is 13.2. The van der Waals surface area contributed by atoms with Crippen molar-refractivity contribution in [2.75, 3.05) is 19.8 Å². The monoisotopic (exact) mass is 1050 g/mol. The number of nitrogens with one attached hydrogen (secondary N) is 1. The first-order valence-corrected chi connectivity index (χ1v) is 30.2. The second-order valence-electron chi connectivity index (χ2n) is 21.5. The van der Waals surface area contributed by atoms with Crippen LogP contribution in [-0.2, 0) is 23.7 Å². The van der Waals surface area contributed by atoms with Gasteiger partial charge in [-0.1, -0.05) is 224 Å². The van der Waals surface area contributed by atoms with Gasteiger partial charge in [-0.3, -0.25) is 4.79 Å². The van der Waals surface area contributed by atoms with Crippen LogP contribution in [0.5, 0.6) is 0 Å². The van der Waals surface area contributed by atoms with Crippen LogP contribution in [0.15, 0.2) is 36.5 Å². The number of aliphatic hydroxyl groups is 8. The highest BCUT2D eigenvalue weighted by molar-refractivity contribution is 5.76. The van der Waals surface area contributed by atoms with Crippen LogP contribution >= 0.6 is 0 Å². The number of carbonyl (C=O) groups is 1. The van der Waals surface area contributed by atoms with Gasteiger partial charge in [0.15, 0.2) is 12.6 Å². The Morgan fingerprint density at radius 2 is 0.892 bits per heavy atom. The van der Waals surface area contributed by atoms with E-state index >= 15 is 0 Å². The standard InChI is InChI=1S/C60H111NO13/c1-3-5-7-9-11-13-15-17-18-19-20-21-22-23-24-25-26-27-28-29-30-32-34-36-38-40-42-44-52(65)61-48(49(64)43-41-39-37-35-33-31-16-14-12-10-8-6-4-2)47-71-59-57(70)55(68)58(51(46-63)73-59)74-60-56(69)54(67)53(66)50(45-62)72-60/h15,17,19-20,41,43,48-51,53-60,62-64,66-70H,3-14,16,18,21-40,42,44-47H2,1-2H3,(H,61,65)/b17-15-,20-19-,43-41+. The molecule has 2 fully saturated rings. The van der Waals surface area contributed by atoms with Crippen LogP contribution in [0.3, 0.4) is 0 Å². The van der Waals surface area contributed by atoms with E-state index in [1.807, 2.05) is 6.08 Å². The van der Waals surface area contributed by atoms with E-state index in [-0.39, 0.29) is 18.9 Å². The van der Waals surface area contributed by atoms with E-state index in [1.165, 1.54) is 173 Å². The number of hydrogen-bond donors (Lipinski definition) is 9. The molecule has 0 aromatic rings. The fraction of sp³-hybridized carbons (Fsp3) is 0.883. The highest BCUT2D eigenvalue weighted by Crippen LogP contribution is 2.30. The average Bonchev–Trinajstić information content (AvgIpc) is 3.40. The number of unbranched alkanes of at least 4 members (excludes halogenated alkanes) is 31. The normalized spacial score (nSPS) is 25.4. The fourth-order valence-corrected chi connectivity index (χ4v) is 9.91. The summed E-state index contributed by atoms with van der Waals surface area (Å²) in [4.78, 5) is 13.2. The molecule has 0 bridgehead atoms. The molecule has 14 heteroatoms. The van der Waals surface area contributed by atoms with Crippen LogP contribution in [0.4, 0.5) is 0 Å². The Hall–Kier alpha value is -1.79. The minimum Gasteiger partial charge on any atom is -0.394 e. The molecule has 9 N–H and O–H groups in total. The summed E-state index contributed by atoms with van der Waals surface area (Å²) in [6.45, 7) is 2.79. The number of aliphatic hydroxyl groups excluding tert-OH is 8. The highest BCUT2D eigenvalue weighted by atomic mass is 16.7. The molecule has 12 atom stereocenters. The van der Waals surface area contributed by atoms with E-state index in [0.717, 1.165) is 44.9 Å². The van der Waals surface area contributed by atoms with Crippen LogP contribution in [0.25, 0.3) is 0 Å². The Bertz CT molecular complexity index is 1380. The lowest BCUT2D eigenvalue weighted by Crippen LogP contribution is -2.65. The van der Waals surface area contributed by atoms with Gasteiger partial charge in [0.2, 0.25) is 5.91 Å². The van der Waals surface area contributed by atoms with E-state index in [4.69, 9.17) is 18.9 Å². The van der Waals surface area contributed by atoms with Crippen molar-refractivity contribution >= 4 is 5.91 Å². The van der Waals surface area contributed by atoms with Gasteiger partial charge in [-0.15, -0.1) is 0 Å². The summed E-state index contributed by atoms with van der Waals surface area (Å²) in [5.74, 6) is -0.239. The first kappa shape index (κ1) is 68.3. The number of carbonyl (C=O) groups excluding carboxylic acids is 1. The second kappa shape index (κ2) is 46.2. The minimum atomic E-state index is -1.79. The quantitative estimate of drug-likeness (QED) is 0.0204. The Kier molecular flexibility index (Phi) is 42.6. The Morgan fingerprint density at radius 3 is 1.35 bits per heavy atom. The molecule has 74 heavy (non-hydrogen) atoms. The van der Waals surface area contributed by atoms with Gasteiger partial charge in [-0.05, 0) is 51.4 Å². The Morgan fingerprint density at radius 1 is 0.486 bits per heavy atom. The molecule has 12 unspecified atom stereocenters. The number of hydrogen-bond acceptors (Lipinski definition) is 13. The maximum Gasteiger partial charge on any atom is 0.220 e. The summed E-state index contributed by atoms with van der Waals surface area (Å²) in [6, 6.07) is -0.913. The maximum absolute atomic E-state index is 13.2. The zero-order chi connectivity index (χ0) is 53.9. The van der Waals surface area contributed by atoms with Crippen molar-refractivity contribution in [3.63, 3.8) is 0 Å². The lowest BCUT2D eigenvalue weighted by molar-refractivity contribution is -0.359. The predicted molar refractivity (Wildman–Crippen MR) is 295 cm³/mol. The summed E-state index contributed by atoms with van der Waals surface area (Å²) in [5, 5.41) is 87.0. The third-order valence-corrected chi connectivity index (χ3v) is 14.8. The van der Waals surface area contributed by atoms with Gasteiger partial charge in [0, 0.05) is 6.42 Å². The van der Waals surface area contributed by atoms with Crippen LogP contribution in [-0.4, -0.2) is 140 Å². The molecule has 2 aliphatic rings. The van der Waals surface area contributed by atoms with Gasteiger partial charge < -0.3 is 65.1 Å². The summed E-state index contributed by atoms with van der Waals surface area (Å²) in [7, 11) is 0. The van der Waals surface area contributed by atoms with Gasteiger partial charge in [0.1, 0.15) is 48.8 Å². The highest BCUT2D eigenvalue weighted by Gasteiger charge is 2.51. The third-order valence-electron chi connectivity index (χ3n) is 14.8. The largest absolute Gasteiger partial charge is 0.394 e. The molecule has 0 aromatic heterocycles. The Balaban J connectivity index is 1.70. The number of ether oxygens (including phenoxy) is 4. The molecule has 2 heterocycles. The summed E-state index contributed by atoms with van der Waals surface area (Å²) in [6.07, 6.45) is 39.0. The SMILES string of the molecule is CCCCCCC/C=C\C/C=C\CCCCCCCCCCCCCCCCCC(=O)NC(COC1OC(CO)C(OC2OC(CO)C(O)C(O)C2O)C(O)C1O)C(O)/C=C/CCCCCCCCCCCCC. The van der Waals surface area contributed by atoms with Crippen molar-refractivity contribution in [1.29, 1.82) is 0 Å². The van der Waals surface area contributed by atoms with Crippen molar-refractivity contribution in [1.82, 2.24) is 5.32 Å². The third kappa shape index (κ3) is 31.6. The predicted octanol–water partition coefficient (Wildman–Crippen LogP) is 10.2. The number of amides is 1. The molecular weight excluding hydrogens is 943 g/mol. The van der Waals surface area contributed by atoms with Gasteiger partial charge in [-0.2, -0.15) is 0 Å². The Labute approximate surface area is 449 Å². The molecular formula is C60H111NO13. The van der Waals surface area contributed by atoms with Crippen molar-refractivity contribution in [3.8, 4) is 0 Å². The van der Waals surface area contributed by atoms with E-state index < -0.39 is 86.8 Å². The van der Waals surface area contributed by atoms with Gasteiger partial charge in [0.05, 0.1) is 32.0 Å². The van der Waals surface area contributed by atoms with Crippen LogP contribution in [0.1, 0.15) is 245 Å². The summed E-state index contributed by atoms with van der Waals surface area (Å²) < 4.78 is 22.8. The van der Waals surface area contributed by atoms with Crippen molar-refractivity contribution < 1.29 is 64.6 Å². The molecule has 2 aliphatic heterocycles. The van der Waals surface area contributed by atoms with Crippen LogP contribution < -0.4 is 5.32 Å². The molecule has 0 aromatic carbocycles. The summed E-state index contributed by atoms with van der Waals surface area (Å²) in [5.41, 5.74) is 0. The lowest BCUT2D eigenvalue weighted by Gasteiger charge is -2.46. The zero-order valence-corrected chi connectivity index (χ0v) is 46.6. The molecule has 0 aliphatic carbocycles. The topological polar surface area (TPSA) is 228 Å². The van der Waals surface area contributed by atoms with Gasteiger partial charge in [0.25, 0.3) is 0 Å². The average molecular weight is 1050 g/mol. The van der Waals surface area contributed by atoms with Crippen molar-refractivity contribution in [2.45, 2.75) is 319 Å². The number of rotatable bonds is 48. The first-order chi connectivity index (χ1) is 36.1. The smallest absolute Gasteiger partial charge is 0.220 e. The van der Waals surface area contributed by atoms with Gasteiger partial charge in [-0.25, -0.2) is 0 Å². The first-order valence-electron chi connectivity index (χ1n) is 30.2. The lowest BCUT2D eigenvalue weighted by atomic mass is 9.97. The zero-order valence-electron chi connectivity index (χ0n) is 46.6.